The lowest BCUT2D eigenvalue weighted by molar-refractivity contribution is 0.409. The van der Waals surface area contributed by atoms with E-state index < -0.39 is 10.8 Å². The van der Waals surface area contributed by atoms with Crippen LogP contribution in [0.25, 0.3) is 0 Å². The van der Waals surface area contributed by atoms with Crippen LogP contribution in [0.3, 0.4) is 0 Å². The molecule has 1 aliphatic carbocycles. The Morgan fingerprint density at radius 3 is 2.39 bits per heavy atom. The Morgan fingerprint density at radius 1 is 1.11 bits per heavy atom. The molecule has 104 valence electrons. The Bertz CT molecular complexity index is 305. The van der Waals surface area contributed by atoms with Crippen molar-refractivity contribution < 1.29 is 4.21 Å². The fraction of sp³-hybridized carbons (Fsp3) is 0.917. The smallest absolute Gasteiger partial charge is 0.206 e. The zero-order chi connectivity index (χ0) is 12.8. The van der Waals surface area contributed by atoms with E-state index in [2.05, 4.69) is 15.7 Å². The monoisotopic (exact) mass is 272 g/mol. The van der Waals surface area contributed by atoms with Crippen LogP contribution in [-0.2, 0) is 10.8 Å². The van der Waals surface area contributed by atoms with Crippen LogP contribution in [0, 0.1) is 0 Å². The number of aliphatic imine (C=N–C) groups is 1. The molecule has 2 aliphatic rings. The van der Waals surface area contributed by atoms with Crippen molar-refractivity contribution in [3.05, 3.63) is 0 Å². The topological polar surface area (TPSA) is 79.5 Å². The summed E-state index contributed by atoms with van der Waals surface area (Å²) in [6.45, 7) is 0. The van der Waals surface area contributed by atoms with E-state index in [1.165, 1.54) is 32.1 Å². The second-order valence-electron chi connectivity index (χ2n) is 5.18. The van der Waals surface area contributed by atoms with Gasteiger partial charge in [-0.1, -0.05) is 19.3 Å². The average Bonchev–Trinajstić information content (AvgIpc) is 2.41. The molecule has 18 heavy (non-hydrogen) atoms. The van der Waals surface area contributed by atoms with Crippen molar-refractivity contribution in [3.63, 3.8) is 0 Å². The van der Waals surface area contributed by atoms with E-state index in [0.29, 0.717) is 12.0 Å². The lowest BCUT2D eigenvalue weighted by atomic mass is 9.96. The number of hydrogen-bond donors (Lipinski definition) is 3. The molecule has 0 unspecified atom stereocenters. The second kappa shape index (κ2) is 7.09. The normalized spacial score (nSPS) is 31.1. The van der Waals surface area contributed by atoms with E-state index in [-0.39, 0.29) is 6.04 Å². The van der Waals surface area contributed by atoms with Gasteiger partial charge in [-0.05, 0) is 25.7 Å². The largest absolute Gasteiger partial charge is 0.353 e. The number of guanidine groups is 1. The maximum Gasteiger partial charge on any atom is 0.206 e. The summed E-state index contributed by atoms with van der Waals surface area (Å²) >= 11 is 0. The molecule has 0 bridgehead atoms. The first-order valence-electron chi connectivity index (χ1n) is 6.94. The standard InChI is InChI=1S/C12H24N4OS/c13-16-12(14-10-4-2-1-3-5-10)15-11-6-8-18(17)9-7-11/h10-11H,1-9,13H2,(H2,14,15,16). The van der Waals surface area contributed by atoms with E-state index in [1.807, 2.05) is 0 Å². The molecular weight excluding hydrogens is 248 g/mol. The Labute approximate surface area is 111 Å². The van der Waals surface area contributed by atoms with E-state index in [0.717, 1.165) is 24.3 Å². The van der Waals surface area contributed by atoms with Gasteiger partial charge in [-0.15, -0.1) is 0 Å². The summed E-state index contributed by atoms with van der Waals surface area (Å²) in [7, 11) is -0.625. The van der Waals surface area contributed by atoms with Crippen molar-refractivity contribution in [2.45, 2.75) is 57.0 Å². The fourth-order valence-corrected chi connectivity index (χ4v) is 3.92. The number of nitrogens with one attached hydrogen (secondary N) is 2. The van der Waals surface area contributed by atoms with Crippen LogP contribution in [0.15, 0.2) is 4.99 Å². The molecule has 1 saturated carbocycles. The van der Waals surface area contributed by atoms with Crippen LogP contribution in [0.5, 0.6) is 0 Å². The molecular formula is C12H24N4OS. The maximum absolute atomic E-state index is 11.3. The highest BCUT2D eigenvalue weighted by Crippen LogP contribution is 2.17. The van der Waals surface area contributed by atoms with E-state index in [9.17, 15) is 4.21 Å². The molecule has 2 rings (SSSR count). The number of rotatable bonds is 2. The number of hydrogen-bond acceptors (Lipinski definition) is 3. The van der Waals surface area contributed by atoms with Gasteiger partial charge < -0.3 is 5.32 Å². The number of nitrogens with zero attached hydrogens (tertiary/aromatic N) is 1. The molecule has 0 radical (unpaired) electrons. The van der Waals surface area contributed by atoms with Gasteiger partial charge in [-0.25, -0.2) is 10.8 Å². The first kappa shape index (κ1) is 13.8. The highest BCUT2D eigenvalue weighted by atomic mass is 32.2. The molecule has 1 aliphatic heterocycles. The van der Waals surface area contributed by atoms with Crippen molar-refractivity contribution in [2.75, 3.05) is 11.5 Å². The Morgan fingerprint density at radius 2 is 1.78 bits per heavy atom. The third-order valence-corrected chi connectivity index (χ3v) is 5.13. The summed E-state index contributed by atoms with van der Waals surface area (Å²) < 4.78 is 11.3. The summed E-state index contributed by atoms with van der Waals surface area (Å²) in [6.07, 6.45) is 8.14. The summed E-state index contributed by atoms with van der Waals surface area (Å²) in [5, 5.41) is 3.40. The van der Waals surface area contributed by atoms with Crippen molar-refractivity contribution in [1.29, 1.82) is 0 Å². The van der Waals surface area contributed by atoms with Crippen LogP contribution in [0.1, 0.15) is 44.9 Å². The summed E-state index contributed by atoms with van der Waals surface area (Å²) in [6, 6.07) is 0.774. The third kappa shape index (κ3) is 4.24. The zero-order valence-corrected chi connectivity index (χ0v) is 11.7. The number of hydrazine groups is 1. The van der Waals surface area contributed by atoms with Gasteiger partial charge in [0.1, 0.15) is 0 Å². The Balaban J connectivity index is 1.84. The molecule has 4 N–H and O–H groups in total. The molecule has 1 saturated heterocycles. The second-order valence-corrected chi connectivity index (χ2v) is 6.88. The van der Waals surface area contributed by atoms with Crippen LogP contribution in [-0.4, -0.2) is 33.8 Å². The minimum Gasteiger partial charge on any atom is -0.353 e. The molecule has 5 nitrogen and oxygen atoms in total. The van der Waals surface area contributed by atoms with Crippen LogP contribution in [0.2, 0.25) is 0 Å². The van der Waals surface area contributed by atoms with Gasteiger partial charge in [0.05, 0.1) is 6.04 Å². The minimum absolute atomic E-state index is 0.268. The molecule has 1 heterocycles. The van der Waals surface area contributed by atoms with Crippen molar-refractivity contribution in [3.8, 4) is 0 Å². The van der Waals surface area contributed by atoms with Crippen molar-refractivity contribution in [1.82, 2.24) is 10.7 Å². The highest BCUT2D eigenvalue weighted by Gasteiger charge is 2.19. The van der Waals surface area contributed by atoms with E-state index in [1.54, 1.807) is 0 Å². The summed E-state index contributed by atoms with van der Waals surface area (Å²) in [4.78, 5) is 4.62. The van der Waals surface area contributed by atoms with Gasteiger partial charge in [0.2, 0.25) is 5.96 Å². The Hall–Kier alpha value is -0.620. The van der Waals surface area contributed by atoms with Gasteiger partial charge in [0.15, 0.2) is 0 Å². The lowest BCUT2D eigenvalue weighted by Gasteiger charge is -2.25. The van der Waals surface area contributed by atoms with Crippen LogP contribution >= 0.6 is 0 Å². The van der Waals surface area contributed by atoms with Crippen LogP contribution in [0.4, 0.5) is 0 Å². The molecule has 0 aromatic carbocycles. The lowest BCUT2D eigenvalue weighted by Crippen LogP contribution is -2.47. The third-order valence-electron chi connectivity index (χ3n) is 3.75. The summed E-state index contributed by atoms with van der Waals surface area (Å²) in [5.41, 5.74) is 2.67. The SMILES string of the molecule is NNC(=NC1CCS(=O)CC1)NC1CCCCC1. The molecule has 2 fully saturated rings. The minimum atomic E-state index is -0.625. The predicted octanol–water partition coefficient (Wildman–Crippen LogP) is 0.639. The quantitative estimate of drug-likeness (QED) is 0.298. The fourth-order valence-electron chi connectivity index (χ4n) is 2.65. The zero-order valence-electron chi connectivity index (χ0n) is 10.9. The van der Waals surface area contributed by atoms with E-state index >= 15 is 0 Å². The molecule has 0 aromatic heterocycles. The molecule has 6 heteroatoms. The first-order valence-corrected chi connectivity index (χ1v) is 8.42. The molecule has 0 spiro atoms. The van der Waals surface area contributed by atoms with Gasteiger partial charge in [-0.2, -0.15) is 0 Å². The van der Waals surface area contributed by atoms with Crippen LogP contribution < -0.4 is 16.6 Å². The summed E-state index contributed by atoms with van der Waals surface area (Å²) in [5.74, 6) is 7.79. The molecule has 0 amide bonds. The maximum atomic E-state index is 11.3. The van der Waals surface area contributed by atoms with Gasteiger partial charge >= 0.3 is 0 Å². The van der Waals surface area contributed by atoms with Gasteiger partial charge in [0, 0.05) is 28.3 Å². The molecule has 0 atom stereocenters. The van der Waals surface area contributed by atoms with E-state index in [4.69, 9.17) is 5.84 Å². The highest BCUT2D eigenvalue weighted by molar-refractivity contribution is 7.85. The van der Waals surface area contributed by atoms with Crippen molar-refractivity contribution in [2.24, 2.45) is 10.8 Å². The molecule has 0 aromatic rings. The Kier molecular flexibility index (Phi) is 5.44. The van der Waals surface area contributed by atoms with Gasteiger partial charge in [0.25, 0.3) is 0 Å². The van der Waals surface area contributed by atoms with Gasteiger partial charge in [-0.3, -0.25) is 9.63 Å². The van der Waals surface area contributed by atoms with Crippen molar-refractivity contribution >= 4 is 16.8 Å². The first-order chi connectivity index (χ1) is 8.78. The predicted molar refractivity (Wildman–Crippen MR) is 75.7 cm³/mol. The average molecular weight is 272 g/mol. The number of nitrogens with two attached hydrogens (primary N) is 1.